The standard InChI is InChI=1S/C16H23IO3/c1-12(2)7-10-20-14-4-5-15-13(11-14)3-6-16(19)17(15)8-9-18/h4-5,11-12,18H,3,6-10H2,1-2H3. The van der Waals surface area contributed by atoms with Crippen molar-refractivity contribution in [2.24, 2.45) is 5.92 Å². The Morgan fingerprint density at radius 2 is 2.15 bits per heavy atom. The molecule has 3 nitrogen and oxygen atoms in total. The first-order valence-corrected chi connectivity index (χ1v) is 10.8. The van der Waals surface area contributed by atoms with E-state index in [9.17, 15) is 4.79 Å². The molecule has 1 aromatic rings. The number of carbonyl (C=O) groups is 1. The fourth-order valence-electron chi connectivity index (χ4n) is 2.22. The zero-order valence-corrected chi connectivity index (χ0v) is 14.4. The number of halogens is 1. The van der Waals surface area contributed by atoms with Gasteiger partial charge in [-0.05, 0) is 0 Å². The van der Waals surface area contributed by atoms with Gasteiger partial charge in [0.15, 0.2) is 0 Å². The van der Waals surface area contributed by atoms with Crippen molar-refractivity contribution < 1.29 is 14.6 Å². The zero-order valence-electron chi connectivity index (χ0n) is 12.2. The summed E-state index contributed by atoms with van der Waals surface area (Å²) in [6, 6.07) is 6.15. The molecule has 1 N–H and O–H groups in total. The number of carbonyl (C=O) groups excluding carboxylic acids is 1. The predicted molar refractivity (Wildman–Crippen MR) is 89.4 cm³/mol. The van der Waals surface area contributed by atoms with Crippen LogP contribution in [0.5, 0.6) is 5.75 Å². The first kappa shape index (κ1) is 15.8. The minimum atomic E-state index is -1.82. The molecule has 1 aliphatic heterocycles. The minimum absolute atomic E-state index is 0.128. The van der Waals surface area contributed by atoms with E-state index >= 15 is 0 Å². The van der Waals surface area contributed by atoms with Crippen molar-refractivity contribution in [1.82, 2.24) is 0 Å². The van der Waals surface area contributed by atoms with Crippen molar-refractivity contribution in [3.8, 4) is 5.75 Å². The van der Waals surface area contributed by atoms with E-state index in [-0.39, 0.29) is 6.61 Å². The van der Waals surface area contributed by atoms with Crippen LogP contribution in [0.25, 0.3) is 0 Å². The summed E-state index contributed by atoms with van der Waals surface area (Å²) in [4.78, 5) is 12.0. The van der Waals surface area contributed by atoms with Gasteiger partial charge in [-0.3, -0.25) is 0 Å². The number of rotatable bonds is 6. The van der Waals surface area contributed by atoms with Crippen LogP contribution in [0.15, 0.2) is 18.2 Å². The predicted octanol–water partition coefficient (Wildman–Crippen LogP) is 3.25. The van der Waals surface area contributed by atoms with Gasteiger partial charge in [0, 0.05) is 0 Å². The number of hydrogen-bond donors (Lipinski definition) is 1. The zero-order chi connectivity index (χ0) is 14.5. The second kappa shape index (κ2) is 7.41. The number of aryl methyl sites for hydroxylation is 1. The molecule has 0 atom stereocenters. The van der Waals surface area contributed by atoms with Gasteiger partial charge in [0.25, 0.3) is 0 Å². The second-order valence-corrected chi connectivity index (χ2v) is 10.9. The van der Waals surface area contributed by atoms with E-state index in [2.05, 4.69) is 26.0 Å². The van der Waals surface area contributed by atoms with Crippen molar-refractivity contribution in [3.05, 3.63) is 27.3 Å². The molecule has 0 radical (unpaired) electrons. The summed E-state index contributed by atoms with van der Waals surface area (Å²) in [5, 5.41) is 9.15. The summed E-state index contributed by atoms with van der Waals surface area (Å²) >= 11 is -1.82. The molecule has 4 heteroatoms. The van der Waals surface area contributed by atoms with Crippen LogP contribution in [-0.2, 0) is 11.2 Å². The third-order valence-electron chi connectivity index (χ3n) is 3.35. The van der Waals surface area contributed by atoms with E-state index in [1.54, 1.807) is 0 Å². The van der Waals surface area contributed by atoms with Gasteiger partial charge in [-0.15, -0.1) is 0 Å². The quantitative estimate of drug-likeness (QED) is 0.461. The van der Waals surface area contributed by atoms with Gasteiger partial charge in [-0.25, -0.2) is 0 Å². The Labute approximate surface area is 128 Å². The Bertz CT molecular complexity index is 471. The first-order valence-electron chi connectivity index (χ1n) is 7.17. The summed E-state index contributed by atoms with van der Waals surface area (Å²) in [6.45, 7) is 5.25. The molecule has 0 saturated carbocycles. The van der Waals surface area contributed by atoms with Gasteiger partial charge in [0.05, 0.1) is 0 Å². The van der Waals surface area contributed by atoms with Gasteiger partial charge in [0.2, 0.25) is 0 Å². The number of fused-ring (bicyclic) bond motifs is 1. The third kappa shape index (κ3) is 3.95. The summed E-state index contributed by atoms with van der Waals surface area (Å²) in [7, 11) is 0. The molecule has 1 heterocycles. The molecular weight excluding hydrogens is 367 g/mol. The van der Waals surface area contributed by atoms with Crippen LogP contribution >= 0.6 is 19.8 Å². The number of aliphatic hydroxyl groups excluding tert-OH is 1. The molecule has 0 aliphatic carbocycles. The Morgan fingerprint density at radius 1 is 1.35 bits per heavy atom. The molecular formula is C16H23IO3. The van der Waals surface area contributed by atoms with Gasteiger partial charge in [-0.2, -0.15) is 0 Å². The van der Waals surface area contributed by atoms with Crippen LogP contribution < -0.4 is 4.74 Å². The third-order valence-corrected chi connectivity index (χ3v) is 9.35. The number of ether oxygens (including phenoxy) is 1. The van der Waals surface area contributed by atoms with E-state index in [1.165, 1.54) is 9.13 Å². The molecule has 0 saturated heterocycles. The Kier molecular flexibility index (Phi) is 5.84. The molecule has 20 heavy (non-hydrogen) atoms. The molecule has 0 aromatic heterocycles. The summed E-state index contributed by atoms with van der Waals surface area (Å²) in [6.07, 6.45) is 2.53. The summed E-state index contributed by atoms with van der Waals surface area (Å²) < 4.78 is 8.11. The monoisotopic (exact) mass is 390 g/mol. The van der Waals surface area contributed by atoms with Crippen LogP contribution in [0.1, 0.15) is 32.3 Å². The SMILES string of the molecule is CC(C)CCOc1ccc2c(c1)CCC(=O)I2CCO. The Balaban J connectivity index is 2.09. The topological polar surface area (TPSA) is 46.5 Å². The van der Waals surface area contributed by atoms with Gasteiger partial charge in [-0.1, -0.05) is 0 Å². The van der Waals surface area contributed by atoms with Crippen LogP contribution in [0.2, 0.25) is 0 Å². The van der Waals surface area contributed by atoms with E-state index in [1.807, 2.05) is 6.07 Å². The van der Waals surface area contributed by atoms with Crippen molar-refractivity contribution in [1.29, 1.82) is 0 Å². The maximum atomic E-state index is 12.0. The normalized spacial score (nSPS) is 16.4. The van der Waals surface area contributed by atoms with Gasteiger partial charge >= 0.3 is 128 Å². The van der Waals surface area contributed by atoms with E-state index < -0.39 is 19.8 Å². The Morgan fingerprint density at radius 3 is 2.85 bits per heavy atom. The van der Waals surface area contributed by atoms with Crippen molar-refractivity contribution in [2.45, 2.75) is 33.1 Å². The molecule has 1 aliphatic rings. The van der Waals surface area contributed by atoms with E-state index in [4.69, 9.17) is 9.84 Å². The molecule has 0 fully saturated rings. The summed E-state index contributed by atoms with van der Waals surface area (Å²) in [5.74, 6) is 1.56. The molecule has 0 amide bonds. The molecule has 0 unspecified atom stereocenters. The average Bonchev–Trinajstić information content (AvgIpc) is 2.42. The number of aliphatic hydroxyl groups is 1. The van der Waals surface area contributed by atoms with Crippen molar-refractivity contribution in [3.63, 3.8) is 0 Å². The van der Waals surface area contributed by atoms with Crippen LogP contribution in [0.4, 0.5) is 0 Å². The first-order chi connectivity index (χ1) is 9.61. The van der Waals surface area contributed by atoms with Crippen LogP contribution in [-0.4, -0.2) is 26.5 Å². The number of hydrogen-bond acceptors (Lipinski definition) is 3. The van der Waals surface area contributed by atoms with Gasteiger partial charge in [0.1, 0.15) is 0 Å². The van der Waals surface area contributed by atoms with E-state index in [0.29, 0.717) is 20.6 Å². The van der Waals surface area contributed by atoms with E-state index in [0.717, 1.165) is 25.2 Å². The van der Waals surface area contributed by atoms with Gasteiger partial charge < -0.3 is 0 Å². The van der Waals surface area contributed by atoms with Crippen LogP contribution in [0, 0.1) is 9.49 Å². The summed E-state index contributed by atoms with van der Waals surface area (Å²) in [5.41, 5.74) is 1.27. The fraction of sp³-hybridized carbons (Fsp3) is 0.562. The second-order valence-electron chi connectivity index (χ2n) is 5.41. The molecule has 1 aromatic carbocycles. The average molecular weight is 390 g/mol. The molecule has 2 rings (SSSR count). The molecule has 0 bridgehead atoms. The molecule has 112 valence electrons. The number of alkyl halides is 1. The van der Waals surface area contributed by atoms with Crippen molar-refractivity contribution in [2.75, 3.05) is 17.6 Å². The maximum absolute atomic E-state index is 12.0. The van der Waals surface area contributed by atoms with Crippen LogP contribution in [0.3, 0.4) is 0 Å². The fourth-order valence-corrected chi connectivity index (χ4v) is 7.33. The molecule has 0 spiro atoms. The van der Waals surface area contributed by atoms with Crippen molar-refractivity contribution >= 4 is 23.6 Å². The Hall–Kier alpha value is -0.620. The number of benzene rings is 1.